The number of rotatable bonds is 3. The highest BCUT2D eigenvalue weighted by Crippen LogP contribution is 2.29. The summed E-state index contributed by atoms with van der Waals surface area (Å²) < 4.78 is 13.4. The number of fused-ring (bicyclic) bond motifs is 1. The summed E-state index contributed by atoms with van der Waals surface area (Å²) in [5.74, 6) is -0.576. The summed E-state index contributed by atoms with van der Waals surface area (Å²) in [6, 6.07) is 18.8. The van der Waals surface area contributed by atoms with Crippen LogP contribution in [0, 0.1) is 19.7 Å². The lowest BCUT2D eigenvalue weighted by Gasteiger charge is -2.13. The number of halogens is 2. The Labute approximate surface area is 173 Å². The van der Waals surface area contributed by atoms with Gasteiger partial charge >= 0.3 is 0 Å². The lowest BCUT2D eigenvalue weighted by atomic mass is 9.99. The highest BCUT2D eigenvalue weighted by Gasteiger charge is 2.16. The molecular formula is C24H18ClFN2O. The molecule has 3 aromatic carbocycles. The van der Waals surface area contributed by atoms with E-state index in [4.69, 9.17) is 16.6 Å². The smallest absolute Gasteiger partial charge is 0.256 e. The molecule has 5 heteroatoms. The van der Waals surface area contributed by atoms with Crippen LogP contribution in [0.15, 0.2) is 66.7 Å². The van der Waals surface area contributed by atoms with Crippen LogP contribution in [-0.2, 0) is 0 Å². The summed E-state index contributed by atoms with van der Waals surface area (Å²) in [6.45, 7) is 3.95. The van der Waals surface area contributed by atoms with E-state index in [9.17, 15) is 9.18 Å². The average Bonchev–Trinajstić information content (AvgIpc) is 2.68. The number of nitrogens with one attached hydrogen (secondary N) is 1. The molecule has 0 aliphatic heterocycles. The van der Waals surface area contributed by atoms with Gasteiger partial charge in [-0.2, -0.15) is 0 Å². The van der Waals surface area contributed by atoms with Gasteiger partial charge in [-0.1, -0.05) is 29.3 Å². The number of amides is 1. The minimum Gasteiger partial charge on any atom is -0.322 e. The first-order valence-corrected chi connectivity index (χ1v) is 9.53. The van der Waals surface area contributed by atoms with Gasteiger partial charge in [0, 0.05) is 21.7 Å². The number of carbonyl (C=O) groups excluding carboxylic acids is 1. The predicted octanol–water partition coefficient (Wildman–Crippen LogP) is 6.56. The number of hydrogen-bond donors (Lipinski definition) is 1. The van der Waals surface area contributed by atoms with Crippen LogP contribution in [0.1, 0.15) is 21.5 Å². The van der Waals surface area contributed by atoms with E-state index in [0.717, 1.165) is 27.6 Å². The zero-order valence-electron chi connectivity index (χ0n) is 16.0. The van der Waals surface area contributed by atoms with Gasteiger partial charge in [0.15, 0.2) is 0 Å². The van der Waals surface area contributed by atoms with Gasteiger partial charge in [-0.05, 0) is 74.0 Å². The molecule has 0 radical (unpaired) electrons. The third-order valence-electron chi connectivity index (χ3n) is 4.72. The lowest BCUT2D eigenvalue weighted by molar-refractivity contribution is 0.102. The number of benzene rings is 3. The number of hydrogen-bond acceptors (Lipinski definition) is 2. The molecule has 1 heterocycles. The molecule has 0 spiro atoms. The number of aromatic nitrogens is 1. The van der Waals surface area contributed by atoms with Crippen LogP contribution < -0.4 is 5.32 Å². The van der Waals surface area contributed by atoms with Gasteiger partial charge in [0.05, 0.1) is 16.8 Å². The minimum absolute atomic E-state index is 0.256. The van der Waals surface area contributed by atoms with Gasteiger partial charge in [0.2, 0.25) is 0 Å². The predicted molar refractivity (Wildman–Crippen MR) is 116 cm³/mol. The number of aryl methyl sites for hydroxylation is 2. The number of nitrogens with zero attached hydrogens (tertiary/aromatic N) is 1. The van der Waals surface area contributed by atoms with Crippen molar-refractivity contribution in [2.24, 2.45) is 0 Å². The zero-order chi connectivity index (χ0) is 20.5. The van der Waals surface area contributed by atoms with Gasteiger partial charge in [-0.3, -0.25) is 4.79 Å². The summed E-state index contributed by atoms with van der Waals surface area (Å²) in [4.78, 5) is 17.9. The third-order valence-corrected chi connectivity index (χ3v) is 4.95. The van der Waals surface area contributed by atoms with Crippen molar-refractivity contribution in [2.45, 2.75) is 13.8 Å². The second-order valence-corrected chi connectivity index (χ2v) is 7.44. The number of pyridine rings is 1. The van der Waals surface area contributed by atoms with Crippen LogP contribution in [0.3, 0.4) is 0 Å². The lowest BCUT2D eigenvalue weighted by Crippen LogP contribution is -2.13. The molecule has 0 fully saturated rings. The standard InChI is InChI=1S/C24H18ClFN2O/c1-14-10-15(2)23-20(11-14)21(24(29)27-19-5-3-4-17(25)12-19)13-22(28-23)16-6-8-18(26)9-7-16/h3-13H,1-2H3,(H,27,29). The maximum Gasteiger partial charge on any atom is 0.256 e. The minimum atomic E-state index is -0.319. The van der Waals surface area contributed by atoms with E-state index in [1.54, 1.807) is 42.5 Å². The van der Waals surface area contributed by atoms with Crippen molar-refractivity contribution in [3.63, 3.8) is 0 Å². The van der Waals surface area contributed by atoms with Gasteiger partial charge in [0.25, 0.3) is 5.91 Å². The third kappa shape index (κ3) is 3.98. The van der Waals surface area contributed by atoms with Crippen molar-refractivity contribution in [3.8, 4) is 11.3 Å². The summed E-state index contributed by atoms with van der Waals surface area (Å²) in [5, 5.41) is 4.22. The number of anilines is 1. The van der Waals surface area contributed by atoms with Crippen LogP contribution in [-0.4, -0.2) is 10.9 Å². The quantitative estimate of drug-likeness (QED) is 0.420. The Morgan fingerprint density at radius 3 is 2.48 bits per heavy atom. The van der Waals surface area contributed by atoms with E-state index in [1.165, 1.54) is 12.1 Å². The fourth-order valence-electron chi connectivity index (χ4n) is 3.40. The molecule has 29 heavy (non-hydrogen) atoms. The normalized spacial score (nSPS) is 10.9. The molecular weight excluding hydrogens is 387 g/mol. The Morgan fingerprint density at radius 1 is 1.00 bits per heavy atom. The summed E-state index contributed by atoms with van der Waals surface area (Å²) >= 11 is 6.04. The number of carbonyl (C=O) groups is 1. The van der Waals surface area contributed by atoms with Crippen LogP contribution in [0.25, 0.3) is 22.2 Å². The van der Waals surface area contributed by atoms with Gasteiger partial charge in [0.1, 0.15) is 5.82 Å². The molecule has 4 rings (SSSR count). The van der Waals surface area contributed by atoms with Crippen molar-refractivity contribution in [1.29, 1.82) is 0 Å². The molecule has 0 saturated carbocycles. The summed E-state index contributed by atoms with van der Waals surface area (Å²) in [6.07, 6.45) is 0. The Hall–Kier alpha value is -3.24. The molecule has 0 saturated heterocycles. The molecule has 3 nitrogen and oxygen atoms in total. The molecule has 1 N–H and O–H groups in total. The van der Waals surface area contributed by atoms with Gasteiger partial charge < -0.3 is 5.32 Å². The van der Waals surface area contributed by atoms with Crippen LogP contribution >= 0.6 is 11.6 Å². The fourth-order valence-corrected chi connectivity index (χ4v) is 3.59. The SMILES string of the molecule is Cc1cc(C)c2nc(-c3ccc(F)cc3)cc(C(=O)Nc3cccc(Cl)c3)c2c1. The second-order valence-electron chi connectivity index (χ2n) is 7.00. The van der Waals surface area contributed by atoms with Crippen molar-refractivity contribution in [1.82, 2.24) is 4.98 Å². The van der Waals surface area contributed by atoms with Gasteiger partial charge in [-0.25, -0.2) is 9.37 Å². The molecule has 0 bridgehead atoms. The summed E-state index contributed by atoms with van der Waals surface area (Å²) in [7, 11) is 0. The first kappa shape index (κ1) is 19.1. The van der Waals surface area contributed by atoms with E-state index in [1.807, 2.05) is 26.0 Å². The molecule has 0 aliphatic rings. The van der Waals surface area contributed by atoms with Crippen LogP contribution in [0.2, 0.25) is 5.02 Å². The molecule has 4 aromatic rings. The summed E-state index contributed by atoms with van der Waals surface area (Å²) in [5.41, 5.74) is 5.23. The second kappa shape index (κ2) is 7.64. The van der Waals surface area contributed by atoms with Crippen molar-refractivity contribution >= 4 is 34.1 Å². The molecule has 0 atom stereocenters. The Kier molecular flexibility index (Phi) is 5.03. The van der Waals surface area contributed by atoms with E-state index >= 15 is 0 Å². The Bertz CT molecular complexity index is 1240. The monoisotopic (exact) mass is 404 g/mol. The first-order valence-electron chi connectivity index (χ1n) is 9.15. The van der Waals surface area contributed by atoms with Crippen molar-refractivity contribution in [3.05, 3.63) is 94.3 Å². The Morgan fingerprint density at radius 2 is 1.76 bits per heavy atom. The highest BCUT2D eigenvalue weighted by atomic mass is 35.5. The van der Waals surface area contributed by atoms with Gasteiger partial charge in [-0.15, -0.1) is 0 Å². The zero-order valence-corrected chi connectivity index (χ0v) is 16.7. The van der Waals surface area contributed by atoms with E-state index in [-0.39, 0.29) is 11.7 Å². The maximum absolute atomic E-state index is 13.4. The van der Waals surface area contributed by atoms with Crippen LogP contribution in [0.4, 0.5) is 10.1 Å². The fraction of sp³-hybridized carbons (Fsp3) is 0.0833. The van der Waals surface area contributed by atoms with Crippen molar-refractivity contribution < 1.29 is 9.18 Å². The largest absolute Gasteiger partial charge is 0.322 e. The molecule has 1 amide bonds. The molecule has 144 valence electrons. The highest BCUT2D eigenvalue weighted by molar-refractivity contribution is 6.31. The average molecular weight is 405 g/mol. The van der Waals surface area contributed by atoms with E-state index in [0.29, 0.717) is 22.0 Å². The van der Waals surface area contributed by atoms with E-state index in [2.05, 4.69) is 5.32 Å². The van der Waals surface area contributed by atoms with Crippen LogP contribution in [0.5, 0.6) is 0 Å². The van der Waals surface area contributed by atoms with E-state index < -0.39 is 0 Å². The topological polar surface area (TPSA) is 42.0 Å². The first-order chi connectivity index (χ1) is 13.9. The van der Waals surface area contributed by atoms with Crippen molar-refractivity contribution in [2.75, 3.05) is 5.32 Å². The Balaban J connectivity index is 1.88. The molecule has 1 aromatic heterocycles. The molecule has 0 aliphatic carbocycles. The maximum atomic E-state index is 13.4. The molecule has 0 unspecified atom stereocenters.